The van der Waals surface area contributed by atoms with E-state index in [0.29, 0.717) is 11.4 Å². The lowest BCUT2D eigenvalue weighted by Gasteiger charge is -2.09. The molecule has 0 atom stereocenters. The SMILES string of the molecule is Cc1ccc(S(=O)(=O)NCCCn2cccc2)cc1C. The standard InChI is InChI=1S/C15H20N2O2S/c1-13-6-7-15(12-14(13)2)20(18,19)16-8-5-11-17-9-3-4-10-17/h3-4,6-7,9-10,12,16H,5,8,11H2,1-2H3. The molecule has 0 aliphatic carbocycles. The van der Waals surface area contributed by atoms with Crippen LogP contribution in [0.2, 0.25) is 0 Å². The van der Waals surface area contributed by atoms with Gasteiger partial charge in [-0.2, -0.15) is 0 Å². The maximum absolute atomic E-state index is 12.1. The Labute approximate surface area is 120 Å². The molecule has 0 saturated heterocycles. The zero-order valence-corrected chi connectivity index (χ0v) is 12.7. The number of hydrogen-bond acceptors (Lipinski definition) is 2. The molecule has 1 N–H and O–H groups in total. The summed E-state index contributed by atoms with van der Waals surface area (Å²) in [5.41, 5.74) is 2.08. The molecule has 20 heavy (non-hydrogen) atoms. The van der Waals surface area contributed by atoms with Crippen molar-refractivity contribution in [1.82, 2.24) is 9.29 Å². The molecule has 0 saturated carbocycles. The highest BCUT2D eigenvalue weighted by Crippen LogP contribution is 2.14. The van der Waals surface area contributed by atoms with Crippen molar-refractivity contribution in [2.75, 3.05) is 6.54 Å². The molecule has 0 amide bonds. The smallest absolute Gasteiger partial charge is 0.240 e. The molecule has 0 spiro atoms. The second-order valence-electron chi connectivity index (χ2n) is 4.92. The summed E-state index contributed by atoms with van der Waals surface area (Å²) in [7, 11) is -3.40. The maximum Gasteiger partial charge on any atom is 0.240 e. The largest absolute Gasteiger partial charge is 0.354 e. The van der Waals surface area contributed by atoms with Crippen molar-refractivity contribution in [3.63, 3.8) is 0 Å². The van der Waals surface area contributed by atoms with Crippen LogP contribution in [-0.4, -0.2) is 19.5 Å². The van der Waals surface area contributed by atoms with Gasteiger partial charge in [0.25, 0.3) is 0 Å². The average Bonchev–Trinajstić information content (AvgIpc) is 2.91. The lowest BCUT2D eigenvalue weighted by atomic mass is 10.1. The van der Waals surface area contributed by atoms with E-state index in [1.165, 1.54) is 0 Å². The zero-order chi connectivity index (χ0) is 14.6. The summed E-state index contributed by atoms with van der Waals surface area (Å²) in [6.07, 6.45) is 4.70. The molecular weight excluding hydrogens is 272 g/mol. The fourth-order valence-electron chi connectivity index (χ4n) is 1.95. The van der Waals surface area contributed by atoms with E-state index >= 15 is 0 Å². The van der Waals surface area contributed by atoms with Crippen molar-refractivity contribution in [1.29, 1.82) is 0 Å². The Balaban J connectivity index is 1.92. The number of sulfonamides is 1. The van der Waals surface area contributed by atoms with Crippen LogP contribution in [0.15, 0.2) is 47.6 Å². The van der Waals surface area contributed by atoms with Gasteiger partial charge in [-0.15, -0.1) is 0 Å². The van der Waals surface area contributed by atoms with Gasteiger partial charge in [-0.3, -0.25) is 0 Å². The second kappa shape index (κ2) is 6.24. The van der Waals surface area contributed by atoms with Crippen molar-refractivity contribution in [2.24, 2.45) is 0 Å². The first-order valence-corrected chi connectivity index (χ1v) is 8.15. The quantitative estimate of drug-likeness (QED) is 0.832. The average molecular weight is 292 g/mol. The van der Waals surface area contributed by atoms with Gasteiger partial charge in [-0.05, 0) is 55.7 Å². The summed E-state index contributed by atoms with van der Waals surface area (Å²) in [6, 6.07) is 9.11. The van der Waals surface area contributed by atoms with Crippen molar-refractivity contribution in [3.05, 3.63) is 53.9 Å². The van der Waals surface area contributed by atoms with E-state index in [4.69, 9.17) is 0 Å². The summed E-state index contributed by atoms with van der Waals surface area (Å²) in [5.74, 6) is 0. The van der Waals surface area contributed by atoms with Crippen molar-refractivity contribution < 1.29 is 8.42 Å². The van der Waals surface area contributed by atoms with Crippen LogP contribution < -0.4 is 4.72 Å². The first kappa shape index (κ1) is 14.8. The lowest BCUT2D eigenvalue weighted by molar-refractivity contribution is 0.570. The van der Waals surface area contributed by atoms with Crippen LogP contribution >= 0.6 is 0 Å². The Morgan fingerprint density at radius 3 is 2.45 bits per heavy atom. The second-order valence-corrected chi connectivity index (χ2v) is 6.69. The Morgan fingerprint density at radius 2 is 1.80 bits per heavy atom. The minimum absolute atomic E-state index is 0.335. The third-order valence-electron chi connectivity index (χ3n) is 3.34. The molecular formula is C15H20N2O2S. The van der Waals surface area contributed by atoms with E-state index in [-0.39, 0.29) is 0 Å². The molecule has 0 unspecified atom stereocenters. The molecule has 0 bridgehead atoms. The summed E-state index contributed by atoms with van der Waals surface area (Å²) in [6.45, 7) is 5.13. The normalized spacial score (nSPS) is 11.7. The number of benzene rings is 1. The zero-order valence-electron chi connectivity index (χ0n) is 11.8. The molecule has 0 radical (unpaired) electrons. The summed E-state index contributed by atoms with van der Waals surface area (Å²) in [5, 5.41) is 0. The number of aryl methyl sites for hydroxylation is 3. The molecule has 1 aromatic carbocycles. The fraction of sp³-hybridized carbons (Fsp3) is 0.333. The highest BCUT2D eigenvalue weighted by atomic mass is 32.2. The van der Waals surface area contributed by atoms with Crippen molar-refractivity contribution >= 4 is 10.0 Å². The first-order chi connectivity index (χ1) is 9.49. The first-order valence-electron chi connectivity index (χ1n) is 6.67. The minimum Gasteiger partial charge on any atom is -0.354 e. The molecule has 0 aliphatic heterocycles. The van der Waals surface area contributed by atoms with Gasteiger partial charge in [0.2, 0.25) is 10.0 Å². The van der Waals surface area contributed by atoms with Gasteiger partial charge < -0.3 is 4.57 Å². The van der Waals surface area contributed by atoms with Gasteiger partial charge in [0, 0.05) is 25.5 Å². The highest BCUT2D eigenvalue weighted by Gasteiger charge is 2.13. The molecule has 1 heterocycles. The molecule has 2 rings (SSSR count). The number of nitrogens with one attached hydrogen (secondary N) is 1. The third-order valence-corrected chi connectivity index (χ3v) is 4.80. The van der Waals surface area contributed by atoms with E-state index in [0.717, 1.165) is 24.1 Å². The van der Waals surface area contributed by atoms with Gasteiger partial charge >= 0.3 is 0 Å². The molecule has 0 fully saturated rings. The molecule has 0 aliphatic rings. The van der Waals surface area contributed by atoms with Crippen molar-refractivity contribution in [2.45, 2.75) is 31.7 Å². The molecule has 5 heteroatoms. The van der Waals surface area contributed by atoms with E-state index in [2.05, 4.69) is 4.72 Å². The van der Waals surface area contributed by atoms with Crippen LogP contribution in [0.4, 0.5) is 0 Å². The van der Waals surface area contributed by atoms with Crippen LogP contribution in [0.3, 0.4) is 0 Å². The Hall–Kier alpha value is -1.59. The molecule has 4 nitrogen and oxygen atoms in total. The van der Waals surface area contributed by atoms with Gasteiger partial charge in [-0.1, -0.05) is 6.07 Å². The number of hydrogen-bond donors (Lipinski definition) is 1. The maximum atomic E-state index is 12.1. The Bertz CT molecular complexity index is 661. The predicted molar refractivity (Wildman–Crippen MR) is 80.2 cm³/mol. The Kier molecular flexibility index (Phi) is 4.62. The minimum atomic E-state index is -3.40. The van der Waals surface area contributed by atoms with Gasteiger partial charge in [0.05, 0.1) is 4.90 Å². The number of rotatable bonds is 6. The highest BCUT2D eigenvalue weighted by molar-refractivity contribution is 7.89. The van der Waals surface area contributed by atoms with Crippen LogP contribution in [0.1, 0.15) is 17.5 Å². The van der Waals surface area contributed by atoms with Crippen LogP contribution in [0.25, 0.3) is 0 Å². The predicted octanol–water partition coefficient (Wildman–Crippen LogP) is 2.47. The summed E-state index contributed by atoms with van der Waals surface area (Å²) >= 11 is 0. The number of nitrogens with zero attached hydrogens (tertiary/aromatic N) is 1. The van der Waals surface area contributed by atoms with Gasteiger partial charge in [0.1, 0.15) is 0 Å². The lowest BCUT2D eigenvalue weighted by Crippen LogP contribution is -2.25. The molecule has 2 aromatic rings. The van der Waals surface area contributed by atoms with E-state index in [1.807, 2.05) is 49.0 Å². The van der Waals surface area contributed by atoms with Crippen LogP contribution in [0, 0.1) is 13.8 Å². The van der Waals surface area contributed by atoms with Crippen LogP contribution in [-0.2, 0) is 16.6 Å². The third kappa shape index (κ3) is 3.71. The molecule has 1 aromatic heterocycles. The van der Waals surface area contributed by atoms with Gasteiger partial charge in [0.15, 0.2) is 0 Å². The van der Waals surface area contributed by atoms with E-state index in [1.54, 1.807) is 12.1 Å². The van der Waals surface area contributed by atoms with Gasteiger partial charge in [-0.25, -0.2) is 13.1 Å². The monoisotopic (exact) mass is 292 g/mol. The number of aromatic nitrogens is 1. The van der Waals surface area contributed by atoms with E-state index < -0.39 is 10.0 Å². The topological polar surface area (TPSA) is 51.1 Å². The Morgan fingerprint density at radius 1 is 1.10 bits per heavy atom. The van der Waals surface area contributed by atoms with E-state index in [9.17, 15) is 8.42 Å². The summed E-state index contributed by atoms with van der Waals surface area (Å²) in [4.78, 5) is 0.335. The fourth-order valence-corrected chi connectivity index (χ4v) is 3.11. The summed E-state index contributed by atoms with van der Waals surface area (Å²) < 4.78 is 29.0. The van der Waals surface area contributed by atoms with Crippen molar-refractivity contribution in [3.8, 4) is 0 Å². The van der Waals surface area contributed by atoms with Crippen LogP contribution in [0.5, 0.6) is 0 Å². The molecule has 108 valence electrons.